The van der Waals surface area contributed by atoms with Gasteiger partial charge in [0, 0.05) is 43.7 Å². The molecule has 0 aliphatic carbocycles. The molecule has 1 unspecified atom stereocenters. The highest BCUT2D eigenvalue weighted by Gasteiger charge is 2.40. The van der Waals surface area contributed by atoms with Crippen molar-refractivity contribution in [3.63, 3.8) is 0 Å². The van der Waals surface area contributed by atoms with Crippen molar-refractivity contribution in [2.45, 2.75) is 44.3 Å². The van der Waals surface area contributed by atoms with E-state index in [2.05, 4.69) is 5.32 Å². The van der Waals surface area contributed by atoms with Crippen LogP contribution in [0.15, 0.2) is 41.2 Å². The summed E-state index contributed by atoms with van der Waals surface area (Å²) in [6.07, 6.45) is 1.40. The van der Waals surface area contributed by atoms with E-state index in [1.54, 1.807) is 30.3 Å². The Labute approximate surface area is 201 Å². The van der Waals surface area contributed by atoms with Crippen molar-refractivity contribution in [3.05, 3.63) is 58.0 Å². The standard InChI is InChI=1S/C25H26N4O6/c30-22(27-10-16-8-17(13-27)19-2-1-3-23(31)28(19)12-16)7-5-18-24(32)29(25(33)26-18)11-15-4-6-20-21(9-15)35-14-34-20/h1-4,6,9,16-18H,5,7-8,10-14H2,(H,26,33)/t16-,17+,18?/m1/s1. The van der Waals surface area contributed by atoms with E-state index in [1.807, 2.05) is 15.5 Å². The Hall–Kier alpha value is -3.82. The molecule has 1 aromatic heterocycles. The molecule has 2 bridgehead atoms. The van der Waals surface area contributed by atoms with E-state index in [-0.39, 0.29) is 55.4 Å². The molecule has 4 aliphatic rings. The molecule has 4 aliphatic heterocycles. The maximum absolute atomic E-state index is 13.0. The number of nitrogens with one attached hydrogen (secondary N) is 1. The van der Waals surface area contributed by atoms with Gasteiger partial charge in [0.15, 0.2) is 11.5 Å². The monoisotopic (exact) mass is 478 g/mol. The number of hydrogen-bond acceptors (Lipinski definition) is 6. The molecular formula is C25H26N4O6. The fourth-order valence-corrected chi connectivity index (χ4v) is 5.67. The van der Waals surface area contributed by atoms with E-state index in [1.165, 1.54) is 4.90 Å². The predicted molar refractivity (Wildman–Crippen MR) is 123 cm³/mol. The van der Waals surface area contributed by atoms with Gasteiger partial charge in [-0.2, -0.15) is 0 Å². The number of ether oxygens (including phenoxy) is 2. The van der Waals surface area contributed by atoms with Crippen LogP contribution in [0.1, 0.15) is 36.4 Å². The number of imide groups is 1. The summed E-state index contributed by atoms with van der Waals surface area (Å²) in [7, 11) is 0. The highest BCUT2D eigenvalue weighted by Crippen LogP contribution is 2.35. The molecule has 10 heteroatoms. The molecule has 35 heavy (non-hydrogen) atoms. The molecule has 0 saturated carbocycles. The number of amides is 4. The molecule has 2 saturated heterocycles. The summed E-state index contributed by atoms with van der Waals surface area (Å²) in [5, 5.41) is 2.72. The van der Waals surface area contributed by atoms with Crippen LogP contribution in [0, 0.1) is 5.92 Å². The zero-order chi connectivity index (χ0) is 24.1. The first-order valence-corrected chi connectivity index (χ1v) is 11.9. The maximum Gasteiger partial charge on any atom is 0.325 e. The van der Waals surface area contributed by atoms with Gasteiger partial charge in [-0.25, -0.2) is 4.79 Å². The Balaban J connectivity index is 1.06. The van der Waals surface area contributed by atoms with E-state index < -0.39 is 12.1 Å². The minimum atomic E-state index is -0.718. The van der Waals surface area contributed by atoms with Crippen LogP contribution in [-0.4, -0.2) is 58.1 Å². The van der Waals surface area contributed by atoms with Crippen molar-refractivity contribution in [2.75, 3.05) is 19.9 Å². The van der Waals surface area contributed by atoms with Gasteiger partial charge in [-0.05, 0) is 42.5 Å². The number of aromatic nitrogens is 1. The molecule has 6 rings (SSSR count). The highest BCUT2D eigenvalue weighted by atomic mass is 16.7. The molecule has 2 fully saturated rings. The van der Waals surface area contributed by atoms with Crippen molar-refractivity contribution < 1.29 is 23.9 Å². The topological polar surface area (TPSA) is 110 Å². The van der Waals surface area contributed by atoms with Gasteiger partial charge in [0.05, 0.1) is 6.54 Å². The molecule has 2 aromatic rings. The second-order valence-corrected chi connectivity index (χ2v) is 9.65. The lowest BCUT2D eigenvalue weighted by Gasteiger charge is -2.42. The summed E-state index contributed by atoms with van der Waals surface area (Å²) in [4.78, 5) is 53.6. The van der Waals surface area contributed by atoms with Crippen LogP contribution in [0.2, 0.25) is 0 Å². The number of fused-ring (bicyclic) bond motifs is 5. The van der Waals surface area contributed by atoms with Gasteiger partial charge < -0.3 is 24.3 Å². The molecule has 3 atom stereocenters. The minimum absolute atomic E-state index is 0.0118. The number of pyridine rings is 1. The molecule has 5 heterocycles. The highest BCUT2D eigenvalue weighted by molar-refractivity contribution is 6.04. The van der Waals surface area contributed by atoms with E-state index in [0.717, 1.165) is 17.7 Å². The number of rotatable bonds is 5. The summed E-state index contributed by atoms with van der Waals surface area (Å²) < 4.78 is 12.5. The molecule has 10 nitrogen and oxygen atoms in total. The smallest absolute Gasteiger partial charge is 0.325 e. The number of urea groups is 1. The lowest BCUT2D eigenvalue weighted by molar-refractivity contribution is -0.134. The van der Waals surface area contributed by atoms with Crippen molar-refractivity contribution >= 4 is 17.8 Å². The minimum Gasteiger partial charge on any atom is -0.454 e. The van der Waals surface area contributed by atoms with Gasteiger partial charge in [-0.1, -0.05) is 12.1 Å². The zero-order valence-corrected chi connectivity index (χ0v) is 19.1. The van der Waals surface area contributed by atoms with E-state index in [0.29, 0.717) is 31.1 Å². The average molecular weight is 479 g/mol. The first-order valence-electron chi connectivity index (χ1n) is 11.9. The molecule has 0 radical (unpaired) electrons. The number of carbonyl (C=O) groups excluding carboxylic acids is 3. The van der Waals surface area contributed by atoms with E-state index >= 15 is 0 Å². The normalized spacial score (nSPS) is 24.4. The lowest BCUT2D eigenvalue weighted by atomic mass is 9.83. The largest absolute Gasteiger partial charge is 0.454 e. The van der Waals surface area contributed by atoms with Crippen molar-refractivity contribution in [3.8, 4) is 11.5 Å². The molecule has 182 valence electrons. The fraction of sp³-hybridized carbons (Fsp3) is 0.440. The van der Waals surface area contributed by atoms with Gasteiger partial charge in [0.1, 0.15) is 6.04 Å². The third kappa shape index (κ3) is 3.92. The molecule has 4 amide bonds. The third-order valence-corrected chi connectivity index (χ3v) is 7.36. The van der Waals surface area contributed by atoms with Gasteiger partial charge in [-0.15, -0.1) is 0 Å². The quantitative estimate of drug-likeness (QED) is 0.651. The Kier molecular flexibility index (Phi) is 5.23. The van der Waals surface area contributed by atoms with Crippen molar-refractivity contribution in [1.82, 2.24) is 19.7 Å². The Bertz CT molecular complexity index is 1270. The predicted octanol–water partition coefficient (Wildman–Crippen LogP) is 1.42. The number of hydrogen-bond donors (Lipinski definition) is 1. The molecular weight excluding hydrogens is 452 g/mol. The summed E-state index contributed by atoms with van der Waals surface area (Å²) in [5.41, 5.74) is 1.76. The summed E-state index contributed by atoms with van der Waals surface area (Å²) in [6.45, 7) is 2.08. The van der Waals surface area contributed by atoms with Gasteiger partial charge in [-0.3, -0.25) is 19.3 Å². The van der Waals surface area contributed by atoms with E-state index in [4.69, 9.17) is 9.47 Å². The second kappa shape index (κ2) is 8.44. The molecule has 1 N–H and O–H groups in total. The summed E-state index contributed by atoms with van der Waals surface area (Å²) in [5.74, 6) is 1.27. The number of benzene rings is 1. The Morgan fingerprint density at radius 3 is 2.77 bits per heavy atom. The summed E-state index contributed by atoms with van der Waals surface area (Å²) in [6, 6.07) is 9.47. The van der Waals surface area contributed by atoms with Gasteiger partial charge in [0.25, 0.3) is 11.5 Å². The van der Waals surface area contributed by atoms with Crippen molar-refractivity contribution in [2.24, 2.45) is 5.92 Å². The first kappa shape index (κ1) is 21.7. The number of likely N-dealkylation sites (tertiary alicyclic amines) is 1. The second-order valence-electron chi connectivity index (χ2n) is 9.65. The van der Waals surface area contributed by atoms with Gasteiger partial charge >= 0.3 is 6.03 Å². The van der Waals surface area contributed by atoms with Crippen LogP contribution in [-0.2, 0) is 22.7 Å². The number of nitrogens with zero attached hydrogens (tertiary/aromatic N) is 3. The van der Waals surface area contributed by atoms with Crippen molar-refractivity contribution in [1.29, 1.82) is 0 Å². The average Bonchev–Trinajstić information content (AvgIpc) is 3.42. The fourth-order valence-electron chi connectivity index (χ4n) is 5.67. The Morgan fingerprint density at radius 2 is 1.89 bits per heavy atom. The van der Waals surface area contributed by atoms with Crippen LogP contribution in [0.5, 0.6) is 11.5 Å². The van der Waals surface area contributed by atoms with Crippen LogP contribution in [0.25, 0.3) is 0 Å². The Morgan fingerprint density at radius 1 is 1.03 bits per heavy atom. The lowest BCUT2D eigenvalue weighted by Crippen LogP contribution is -2.49. The summed E-state index contributed by atoms with van der Waals surface area (Å²) >= 11 is 0. The van der Waals surface area contributed by atoms with Crippen LogP contribution >= 0.6 is 0 Å². The number of carbonyl (C=O) groups is 3. The zero-order valence-electron chi connectivity index (χ0n) is 19.1. The molecule has 0 spiro atoms. The maximum atomic E-state index is 13.0. The molecule has 1 aromatic carbocycles. The number of piperidine rings is 1. The van der Waals surface area contributed by atoms with E-state index in [9.17, 15) is 19.2 Å². The van der Waals surface area contributed by atoms with Crippen LogP contribution in [0.4, 0.5) is 4.79 Å². The van der Waals surface area contributed by atoms with Gasteiger partial charge in [0.2, 0.25) is 12.7 Å². The SMILES string of the molecule is O=C(CCC1NC(=O)N(Cc2ccc3c(c2)OCO3)C1=O)N1C[C@H]2C[C@@H](C1)c1cccc(=O)n1C2. The third-order valence-electron chi connectivity index (χ3n) is 7.36. The van der Waals surface area contributed by atoms with Crippen LogP contribution < -0.4 is 20.3 Å². The first-order chi connectivity index (χ1) is 17.0. The van der Waals surface area contributed by atoms with Crippen LogP contribution in [0.3, 0.4) is 0 Å².